The maximum Gasteiger partial charge on any atom is 0.203 e. The summed E-state index contributed by atoms with van der Waals surface area (Å²) < 4.78 is 16.7. The highest BCUT2D eigenvalue weighted by atomic mass is 16.5. The lowest BCUT2D eigenvalue weighted by molar-refractivity contribution is -0.116. The number of carbonyl (C=O) groups excluding carboxylic acids is 1. The molecule has 192 valence electrons. The number of methoxy groups -OCH3 is 3. The second-order valence-electron chi connectivity index (χ2n) is 9.61. The van der Waals surface area contributed by atoms with E-state index in [4.69, 9.17) is 14.2 Å². The first kappa shape index (κ1) is 24.6. The number of carbonyl (C=O) groups is 1. The molecule has 37 heavy (non-hydrogen) atoms. The Bertz CT molecular complexity index is 1320. The van der Waals surface area contributed by atoms with E-state index in [0.29, 0.717) is 30.1 Å². The van der Waals surface area contributed by atoms with Crippen LogP contribution in [-0.2, 0) is 4.79 Å². The first-order valence-corrected chi connectivity index (χ1v) is 12.4. The zero-order valence-electron chi connectivity index (χ0n) is 21.9. The topological polar surface area (TPSA) is 72.1 Å². The van der Waals surface area contributed by atoms with E-state index in [1.807, 2.05) is 50.5 Å². The molecular weight excluding hydrogens is 466 g/mol. The van der Waals surface area contributed by atoms with E-state index < -0.39 is 0 Å². The number of Topliss-reactive ketones (excluding diaryl/α,β-unsaturated/α-hetero) is 1. The molecule has 2 atom stereocenters. The van der Waals surface area contributed by atoms with Crippen molar-refractivity contribution in [3.8, 4) is 17.2 Å². The van der Waals surface area contributed by atoms with Gasteiger partial charge in [-0.3, -0.25) is 4.79 Å². The lowest BCUT2D eigenvalue weighted by Gasteiger charge is -2.30. The number of ether oxygens (including phenoxy) is 3. The molecule has 0 spiro atoms. The van der Waals surface area contributed by atoms with Gasteiger partial charge in [-0.15, -0.1) is 0 Å². The third kappa shape index (κ3) is 4.57. The molecule has 0 bridgehead atoms. The van der Waals surface area contributed by atoms with Gasteiger partial charge in [-0.25, -0.2) is 0 Å². The van der Waals surface area contributed by atoms with E-state index in [1.54, 1.807) is 21.3 Å². The molecule has 2 N–H and O–H groups in total. The summed E-state index contributed by atoms with van der Waals surface area (Å²) in [6.07, 6.45) is 1.07. The summed E-state index contributed by atoms with van der Waals surface area (Å²) in [7, 11) is 8.85. The standard InChI is InChI=1S/C30H33N3O4/c1-33(2)21-12-10-18(11-13-21)29-28-24(31-22-8-6-7-9-23(22)32-29)14-19(15-25(28)34)20-16-26(35-3)30(37-5)27(17-20)36-4/h6-13,16-17,19,29,31-32H,14-15H2,1-5H3/t19-,29+/m1/s1. The average molecular weight is 500 g/mol. The van der Waals surface area contributed by atoms with Crippen LogP contribution in [0.1, 0.15) is 35.9 Å². The summed E-state index contributed by atoms with van der Waals surface area (Å²) in [5.41, 5.74) is 6.80. The highest BCUT2D eigenvalue weighted by Gasteiger charge is 2.36. The lowest BCUT2D eigenvalue weighted by Crippen LogP contribution is -2.27. The molecule has 0 fully saturated rings. The SMILES string of the molecule is COc1cc([C@H]2CC(=O)C3=C(C2)Nc2ccccc2N[C@H]3c2ccc(N(C)C)cc2)cc(OC)c1OC. The van der Waals surface area contributed by atoms with Gasteiger partial charge in [0.25, 0.3) is 0 Å². The Hall–Kier alpha value is -4.13. The molecule has 3 aromatic rings. The molecular formula is C30H33N3O4. The van der Waals surface area contributed by atoms with Crippen molar-refractivity contribution in [3.05, 3.63) is 83.1 Å². The van der Waals surface area contributed by atoms with Crippen molar-refractivity contribution in [1.82, 2.24) is 0 Å². The molecule has 1 aliphatic heterocycles. The molecule has 0 saturated heterocycles. The smallest absolute Gasteiger partial charge is 0.203 e. The van der Waals surface area contributed by atoms with Gasteiger partial charge in [-0.05, 0) is 59.9 Å². The molecule has 1 heterocycles. The first-order valence-electron chi connectivity index (χ1n) is 12.4. The van der Waals surface area contributed by atoms with Crippen molar-refractivity contribution >= 4 is 22.8 Å². The third-order valence-electron chi connectivity index (χ3n) is 7.21. The van der Waals surface area contributed by atoms with Crippen molar-refractivity contribution in [2.45, 2.75) is 24.8 Å². The quantitative estimate of drug-likeness (QED) is 0.447. The first-order chi connectivity index (χ1) is 17.9. The van der Waals surface area contributed by atoms with Gasteiger partial charge in [0.15, 0.2) is 17.3 Å². The number of nitrogens with one attached hydrogen (secondary N) is 2. The third-order valence-corrected chi connectivity index (χ3v) is 7.21. The van der Waals surface area contributed by atoms with Gasteiger partial charge in [-0.1, -0.05) is 24.3 Å². The molecule has 0 amide bonds. The lowest BCUT2D eigenvalue weighted by atomic mass is 9.78. The predicted molar refractivity (Wildman–Crippen MR) is 147 cm³/mol. The maximum atomic E-state index is 13.9. The van der Waals surface area contributed by atoms with E-state index in [0.717, 1.165) is 39.5 Å². The minimum Gasteiger partial charge on any atom is -0.493 e. The number of para-hydroxylation sites is 2. The molecule has 0 saturated carbocycles. The number of hydrogen-bond donors (Lipinski definition) is 2. The summed E-state index contributed by atoms with van der Waals surface area (Å²) in [4.78, 5) is 15.9. The fourth-order valence-electron chi connectivity index (χ4n) is 5.28. The number of allylic oxidation sites excluding steroid dienone is 1. The Morgan fingerprint density at radius 2 is 1.46 bits per heavy atom. The van der Waals surface area contributed by atoms with Crippen LogP contribution in [0.2, 0.25) is 0 Å². The molecule has 5 rings (SSSR count). The van der Waals surface area contributed by atoms with Crippen LogP contribution in [-0.4, -0.2) is 41.2 Å². The summed E-state index contributed by atoms with van der Waals surface area (Å²) >= 11 is 0. The largest absolute Gasteiger partial charge is 0.493 e. The monoisotopic (exact) mass is 499 g/mol. The van der Waals surface area contributed by atoms with Crippen LogP contribution in [0.5, 0.6) is 17.2 Å². The normalized spacial score (nSPS) is 18.6. The van der Waals surface area contributed by atoms with Crippen LogP contribution in [0, 0.1) is 0 Å². The Balaban J connectivity index is 1.58. The summed E-state index contributed by atoms with van der Waals surface area (Å²) in [6.45, 7) is 0. The van der Waals surface area contributed by atoms with Crippen LogP contribution in [0.3, 0.4) is 0 Å². The van der Waals surface area contributed by atoms with Gasteiger partial charge in [0.2, 0.25) is 5.75 Å². The minimum absolute atomic E-state index is 0.0329. The molecule has 1 aliphatic carbocycles. The number of fused-ring (bicyclic) bond motifs is 1. The molecule has 7 heteroatoms. The second-order valence-corrected chi connectivity index (χ2v) is 9.61. The van der Waals surface area contributed by atoms with E-state index in [9.17, 15) is 4.79 Å². The van der Waals surface area contributed by atoms with Crippen LogP contribution >= 0.6 is 0 Å². The van der Waals surface area contributed by atoms with Crippen molar-refractivity contribution in [2.24, 2.45) is 0 Å². The zero-order chi connectivity index (χ0) is 26.1. The fraction of sp³-hybridized carbons (Fsp3) is 0.300. The summed E-state index contributed by atoms with van der Waals surface area (Å²) in [6, 6.07) is 20.1. The number of rotatable bonds is 6. The van der Waals surface area contributed by atoms with Gasteiger partial charge in [0, 0.05) is 37.5 Å². The van der Waals surface area contributed by atoms with E-state index in [2.05, 4.69) is 39.8 Å². The van der Waals surface area contributed by atoms with Gasteiger partial charge >= 0.3 is 0 Å². The van der Waals surface area contributed by atoms with Gasteiger partial charge in [-0.2, -0.15) is 0 Å². The van der Waals surface area contributed by atoms with E-state index in [-0.39, 0.29) is 17.7 Å². The van der Waals surface area contributed by atoms with Crippen LogP contribution < -0.4 is 29.7 Å². The minimum atomic E-state index is -0.254. The van der Waals surface area contributed by atoms with Gasteiger partial charge in [0.1, 0.15) is 0 Å². The maximum absolute atomic E-state index is 13.9. The highest BCUT2D eigenvalue weighted by molar-refractivity contribution is 6.01. The molecule has 7 nitrogen and oxygen atoms in total. The van der Waals surface area contributed by atoms with Gasteiger partial charge in [0.05, 0.1) is 38.7 Å². The van der Waals surface area contributed by atoms with Crippen LogP contribution in [0.25, 0.3) is 0 Å². The number of benzene rings is 3. The predicted octanol–water partition coefficient (Wildman–Crippen LogP) is 5.76. The van der Waals surface area contributed by atoms with Crippen LogP contribution in [0.15, 0.2) is 71.9 Å². The van der Waals surface area contributed by atoms with E-state index in [1.165, 1.54) is 0 Å². The molecule has 2 aliphatic rings. The summed E-state index contributed by atoms with van der Waals surface area (Å²) in [5, 5.41) is 7.25. The Labute approximate surface area is 218 Å². The fourth-order valence-corrected chi connectivity index (χ4v) is 5.28. The second kappa shape index (κ2) is 10.1. The molecule has 0 radical (unpaired) electrons. The van der Waals surface area contributed by atoms with Crippen molar-refractivity contribution < 1.29 is 19.0 Å². The Kier molecular flexibility index (Phi) is 6.70. The molecule has 0 unspecified atom stereocenters. The van der Waals surface area contributed by atoms with Crippen molar-refractivity contribution in [2.75, 3.05) is 51.0 Å². The van der Waals surface area contributed by atoms with Crippen molar-refractivity contribution in [1.29, 1.82) is 0 Å². The molecule has 0 aromatic heterocycles. The summed E-state index contributed by atoms with van der Waals surface area (Å²) in [5.74, 6) is 1.80. The van der Waals surface area contributed by atoms with E-state index >= 15 is 0 Å². The highest BCUT2D eigenvalue weighted by Crippen LogP contribution is 2.47. The van der Waals surface area contributed by atoms with Gasteiger partial charge < -0.3 is 29.7 Å². The number of ketones is 1. The Morgan fingerprint density at radius 3 is 2.05 bits per heavy atom. The zero-order valence-corrected chi connectivity index (χ0v) is 21.9. The Morgan fingerprint density at radius 1 is 0.811 bits per heavy atom. The molecule has 3 aromatic carbocycles. The number of nitrogens with zero attached hydrogens (tertiary/aromatic N) is 1. The van der Waals surface area contributed by atoms with Crippen molar-refractivity contribution in [3.63, 3.8) is 0 Å². The number of hydrogen-bond acceptors (Lipinski definition) is 7. The average Bonchev–Trinajstić information content (AvgIpc) is 3.09. The number of anilines is 3. The van der Waals surface area contributed by atoms with Crippen LogP contribution in [0.4, 0.5) is 17.1 Å².